The van der Waals surface area contributed by atoms with E-state index in [9.17, 15) is 0 Å². The Balaban J connectivity index is 2.06. The van der Waals surface area contributed by atoms with E-state index in [2.05, 4.69) is 47.2 Å². The second-order valence-corrected chi connectivity index (χ2v) is 5.98. The molecule has 0 saturated heterocycles. The quantitative estimate of drug-likeness (QED) is 0.762. The molecule has 18 heavy (non-hydrogen) atoms. The van der Waals surface area contributed by atoms with Crippen LogP contribution < -0.4 is 10.1 Å². The lowest BCUT2D eigenvalue weighted by Crippen LogP contribution is -2.16. The maximum absolute atomic E-state index is 5.96. The number of ether oxygens (including phenoxy) is 1. The largest absolute Gasteiger partial charge is 0.493 e. The highest BCUT2D eigenvalue weighted by Gasteiger charge is 2.21. The Morgan fingerprint density at radius 2 is 2.17 bits per heavy atom. The van der Waals surface area contributed by atoms with Gasteiger partial charge in [0, 0.05) is 22.6 Å². The summed E-state index contributed by atoms with van der Waals surface area (Å²) in [6.45, 7) is 6.03. The summed E-state index contributed by atoms with van der Waals surface area (Å²) >= 11 is 3.57. The summed E-state index contributed by atoms with van der Waals surface area (Å²) in [5.74, 6) is 1.07. The first-order valence-corrected chi connectivity index (χ1v) is 7.65. The molecule has 0 unspecified atom stereocenters. The van der Waals surface area contributed by atoms with Crippen LogP contribution in [0.1, 0.15) is 43.7 Å². The van der Waals surface area contributed by atoms with Crippen LogP contribution in [0.15, 0.2) is 16.6 Å². The maximum atomic E-state index is 5.96. The molecule has 0 radical (unpaired) electrons. The molecule has 0 aliphatic heterocycles. The van der Waals surface area contributed by atoms with E-state index in [0.717, 1.165) is 35.8 Å². The molecule has 1 aliphatic rings. The molecule has 0 atom stereocenters. The third kappa shape index (κ3) is 3.99. The second-order valence-electron chi connectivity index (χ2n) is 5.07. The van der Waals surface area contributed by atoms with E-state index >= 15 is 0 Å². The third-order valence-electron chi connectivity index (χ3n) is 3.22. The molecule has 2 nitrogen and oxygen atoms in total. The van der Waals surface area contributed by atoms with Crippen molar-refractivity contribution in [3.8, 4) is 5.75 Å². The van der Waals surface area contributed by atoms with Crippen molar-refractivity contribution in [3.05, 3.63) is 27.7 Å². The van der Waals surface area contributed by atoms with Crippen LogP contribution in [0.4, 0.5) is 0 Å². The van der Waals surface area contributed by atoms with E-state index in [1.54, 1.807) is 0 Å². The van der Waals surface area contributed by atoms with Crippen LogP contribution in [0.3, 0.4) is 0 Å². The van der Waals surface area contributed by atoms with Gasteiger partial charge in [-0.3, -0.25) is 0 Å². The summed E-state index contributed by atoms with van der Waals surface area (Å²) in [6.07, 6.45) is 4.92. The summed E-state index contributed by atoms with van der Waals surface area (Å²) in [7, 11) is 0. The van der Waals surface area contributed by atoms with Crippen LogP contribution in [-0.4, -0.2) is 12.6 Å². The van der Waals surface area contributed by atoms with Crippen molar-refractivity contribution in [1.82, 2.24) is 5.32 Å². The Morgan fingerprint density at radius 1 is 1.39 bits per heavy atom. The number of aryl methyl sites for hydroxylation is 1. The van der Waals surface area contributed by atoms with E-state index < -0.39 is 0 Å². The highest BCUT2D eigenvalue weighted by molar-refractivity contribution is 9.10. The van der Waals surface area contributed by atoms with Crippen LogP contribution in [-0.2, 0) is 6.54 Å². The van der Waals surface area contributed by atoms with Crippen molar-refractivity contribution in [3.63, 3.8) is 0 Å². The molecule has 1 aromatic rings. The SMILES string of the molecule is CCCCOc1c(C)cc(Br)cc1CNC1CC1. The molecular weight excluding hydrogens is 290 g/mol. The molecule has 0 spiro atoms. The van der Waals surface area contributed by atoms with Gasteiger partial charge in [-0.15, -0.1) is 0 Å². The number of unbranched alkanes of at least 4 members (excludes halogenated alkanes) is 1. The Labute approximate surface area is 118 Å². The number of rotatable bonds is 7. The van der Waals surface area contributed by atoms with Gasteiger partial charge in [0.2, 0.25) is 0 Å². The smallest absolute Gasteiger partial charge is 0.126 e. The van der Waals surface area contributed by atoms with E-state index in [0.29, 0.717) is 0 Å². The monoisotopic (exact) mass is 311 g/mol. The molecule has 100 valence electrons. The fraction of sp³-hybridized carbons (Fsp3) is 0.600. The Kier molecular flexibility index (Phi) is 5.07. The summed E-state index contributed by atoms with van der Waals surface area (Å²) in [6, 6.07) is 5.03. The van der Waals surface area contributed by atoms with Crippen LogP contribution in [0.5, 0.6) is 5.75 Å². The molecule has 1 aromatic carbocycles. The highest BCUT2D eigenvalue weighted by atomic mass is 79.9. The number of hydrogen-bond acceptors (Lipinski definition) is 2. The van der Waals surface area contributed by atoms with Crippen molar-refractivity contribution in [2.45, 2.75) is 52.1 Å². The molecule has 0 bridgehead atoms. The molecular formula is C15H22BrNO. The van der Waals surface area contributed by atoms with Crippen LogP contribution >= 0.6 is 15.9 Å². The first-order valence-electron chi connectivity index (χ1n) is 6.86. The first kappa shape index (κ1) is 13.9. The summed E-state index contributed by atoms with van der Waals surface area (Å²) in [4.78, 5) is 0. The van der Waals surface area contributed by atoms with Crippen LogP contribution in [0, 0.1) is 6.92 Å². The lowest BCUT2D eigenvalue weighted by molar-refractivity contribution is 0.303. The number of nitrogens with one attached hydrogen (secondary N) is 1. The topological polar surface area (TPSA) is 21.3 Å². The number of hydrogen-bond donors (Lipinski definition) is 1. The van der Waals surface area contributed by atoms with E-state index in [1.807, 2.05) is 0 Å². The zero-order chi connectivity index (χ0) is 13.0. The first-order chi connectivity index (χ1) is 8.70. The fourth-order valence-corrected chi connectivity index (χ4v) is 2.62. The van der Waals surface area contributed by atoms with Gasteiger partial charge in [-0.05, 0) is 43.9 Å². The molecule has 2 rings (SSSR count). The highest BCUT2D eigenvalue weighted by Crippen LogP contribution is 2.29. The maximum Gasteiger partial charge on any atom is 0.126 e. The predicted molar refractivity (Wildman–Crippen MR) is 79.1 cm³/mol. The van der Waals surface area contributed by atoms with Crippen molar-refractivity contribution in [1.29, 1.82) is 0 Å². The van der Waals surface area contributed by atoms with E-state index in [4.69, 9.17) is 4.74 Å². The van der Waals surface area contributed by atoms with Crippen molar-refractivity contribution < 1.29 is 4.74 Å². The van der Waals surface area contributed by atoms with Gasteiger partial charge in [-0.1, -0.05) is 29.3 Å². The predicted octanol–water partition coefficient (Wildman–Crippen LogP) is 4.19. The van der Waals surface area contributed by atoms with Crippen LogP contribution in [0.25, 0.3) is 0 Å². The van der Waals surface area contributed by atoms with Gasteiger partial charge in [-0.25, -0.2) is 0 Å². The molecule has 0 heterocycles. The Morgan fingerprint density at radius 3 is 2.83 bits per heavy atom. The Hall–Kier alpha value is -0.540. The Bertz CT molecular complexity index is 402. The van der Waals surface area contributed by atoms with Crippen LogP contribution in [0.2, 0.25) is 0 Å². The summed E-state index contributed by atoms with van der Waals surface area (Å²) in [5.41, 5.74) is 2.48. The minimum absolute atomic E-state index is 0.729. The average Bonchev–Trinajstić information content (AvgIpc) is 3.13. The van der Waals surface area contributed by atoms with E-state index in [-0.39, 0.29) is 0 Å². The molecule has 1 N–H and O–H groups in total. The second kappa shape index (κ2) is 6.58. The molecule has 0 amide bonds. The van der Waals surface area contributed by atoms with Crippen molar-refractivity contribution >= 4 is 15.9 Å². The van der Waals surface area contributed by atoms with Gasteiger partial charge in [-0.2, -0.15) is 0 Å². The summed E-state index contributed by atoms with van der Waals surface area (Å²) in [5, 5.41) is 3.56. The van der Waals surface area contributed by atoms with Gasteiger partial charge in [0.15, 0.2) is 0 Å². The number of halogens is 1. The normalized spacial score (nSPS) is 14.8. The molecule has 0 aromatic heterocycles. The fourth-order valence-electron chi connectivity index (χ4n) is 2.00. The average molecular weight is 312 g/mol. The minimum Gasteiger partial charge on any atom is -0.493 e. The van der Waals surface area contributed by atoms with Crippen molar-refractivity contribution in [2.24, 2.45) is 0 Å². The van der Waals surface area contributed by atoms with Gasteiger partial charge in [0.05, 0.1) is 6.61 Å². The van der Waals surface area contributed by atoms with E-state index in [1.165, 1.54) is 30.4 Å². The molecule has 1 fully saturated rings. The molecule has 1 saturated carbocycles. The zero-order valence-corrected chi connectivity index (χ0v) is 12.8. The zero-order valence-electron chi connectivity index (χ0n) is 11.3. The molecule has 1 aliphatic carbocycles. The number of benzene rings is 1. The molecule has 3 heteroatoms. The lowest BCUT2D eigenvalue weighted by Gasteiger charge is -2.15. The van der Waals surface area contributed by atoms with Gasteiger partial charge >= 0.3 is 0 Å². The standard InChI is InChI=1S/C15H22BrNO/c1-3-4-7-18-15-11(2)8-13(16)9-12(15)10-17-14-5-6-14/h8-9,14,17H,3-7,10H2,1-2H3. The van der Waals surface area contributed by atoms with Gasteiger partial charge < -0.3 is 10.1 Å². The van der Waals surface area contributed by atoms with Crippen molar-refractivity contribution in [2.75, 3.05) is 6.61 Å². The minimum atomic E-state index is 0.729. The third-order valence-corrected chi connectivity index (χ3v) is 3.68. The van der Waals surface area contributed by atoms with Gasteiger partial charge in [0.25, 0.3) is 0 Å². The van der Waals surface area contributed by atoms with Gasteiger partial charge in [0.1, 0.15) is 5.75 Å². The lowest BCUT2D eigenvalue weighted by atomic mass is 10.1. The summed E-state index contributed by atoms with van der Waals surface area (Å²) < 4.78 is 7.09.